The Labute approximate surface area is 81.4 Å². The number of nitrogens with one attached hydrogen (secondary N) is 1. The number of rotatable bonds is 1. The second-order valence-corrected chi connectivity index (χ2v) is 4.30. The minimum Gasteiger partial charge on any atom is -0.264 e. The second kappa shape index (κ2) is 3.04. The van der Waals surface area contributed by atoms with Gasteiger partial charge in [0.1, 0.15) is 0 Å². The number of pyridine rings is 1. The van der Waals surface area contributed by atoms with Gasteiger partial charge in [-0.25, -0.2) is 8.42 Å². The highest BCUT2D eigenvalue weighted by atomic mass is 32.2. The third-order valence-electron chi connectivity index (χ3n) is 1.93. The molecule has 1 aromatic carbocycles. The van der Waals surface area contributed by atoms with Crippen molar-refractivity contribution < 1.29 is 8.42 Å². The molecule has 0 spiro atoms. The van der Waals surface area contributed by atoms with Crippen molar-refractivity contribution in [1.29, 1.82) is 0 Å². The molecule has 0 bridgehead atoms. The van der Waals surface area contributed by atoms with Gasteiger partial charge in [0, 0.05) is 23.2 Å². The SMILES string of the molecule is [NH]S(=O)(=O)c1cccc2cnccc12. The predicted octanol–water partition coefficient (Wildman–Crippen LogP) is 1.21. The molecule has 5 heteroatoms. The van der Waals surface area contributed by atoms with E-state index in [-0.39, 0.29) is 4.90 Å². The van der Waals surface area contributed by atoms with Crippen LogP contribution in [0.2, 0.25) is 0 Å². The van der Waals surface area contributed by atoms with Gasteiger partial charge in [0.2, 0.25) is 0 Å². The summed E-state index contributed by atoms with van der Waals surface area (Å²) in [6, 6.07) is 6.38. The molecule has 0 amide bonds. The van der Waals surface area contributed by atoms with Crippen LogP contribution in [0.4, 0.5) is 0 Å². The molecular formula is C9H7N2O2S. The molecule has 1 aromatic heterocycles. The maximum absolute atomic E-state index is 11.1. The van der Waals surface area contributed by atoms with E-state index in [4.69, 9.17) is 5.14 Å². The zero-order valence-corrected chi connectivity index (χ0v) is 7.95. The Morgan fingerprint density at radius 2 is 2.00 bits per heavy atom. The van der Waals surface area contributed by atoms with E-state index in [1.807, 2.05) is 0 Å². The Morgan fingerprint density at radius 1 is 1.21 bits per heavy atom. The molecule has 0 unspecified atom stereocenters. The summed E-state index contributed by atoms with van der Waals surface area (Å²) >= 11 is 0. The van der Waals surface area contributed by atoms with E-state index >= 15 is 0 Å². The summed E-state index contributed by atoms with van der Waals surface area (Å²) in [6.45, 7) is 0. The maximum Gasteiger partial charge on any atom is 0.254 e. The number of fused-ring (bicyclic) bond motifs is 1. The minimum atomic E-state index is -3.91. The normalized spacial score (nSPS) is 11.8. The lowest BCUT2D eigenvalue weighted by Gasteiger charge is -2.01. The molecule has 14 heavy (non-hydrogen) atoms. The van der Waals surface area contributed by atoms with E-state index in [1.54, 1.807) is 24.4 Å². The van der Waals surface area contributed by atoms with E-state index in [2.05, 4.69) is 4.98 Å². The third-order valence-corrected chi connectivity index (χ3v) is 2.87. The van der Waals surface area contributed by atoms with Gasteiger partial charge in [-0.15, -0.1) is 5.14 Å². The first-order chi connectivity index (χ1) is 6.59. The van der Waals surface area contributed by atoms with Crippen LogP contribution in [0.25, 0.3) is 10.8 Å². The molecule has 0 aliphatic rings. The predicted molar refractivity (Wildman–Crippen MR) is 52.0 cm³/mol. The number of nitrogens with zero attached hydrogens (tertiary/aromatic N) is 1. The molecule has 0 saturated carbocycles. The number of aromatic nitrogens is 1. The zero-order valence-electron chi connectivity index (χ0n) is 7.14. The van der Waals surface area contributed by atoms with Crippen LogP contribution in [0.15, 0.2) is 41.6 Å². The van der Waals surface area contributed by atoms with E-state index in [9.17, 15) is 8.42 Å². The molecule has 0 aliphatic carbocycles. The van der Waals surface area contributed by atoms with Crippen molar-refractivity contribution in [3.63, 3.8) is 0 Å². The van der Waals surface area contributed by atoms with Crippen LogP contribution in [0, 0.1) is 0 Å². The Hall–Kier alpha value is -1.46. The van der Waals surface area contributed by atoms with Crippen LogP contribution in [0.5, 0.6) is 0 Å². The summed E-state index contributed by atoms with van der Waals surface area (Å²) in [6.07, 6.45) is 3.08. The lowest BCUT2D eigenvalue weighted by Crippen LogP contribution is -2.01. The molecule has 1 heterocycles. The summed E-state index contributed by atoms with van der Waals surface area (Å²) < 4.78 is 22.2. The lowest BCUT2D eigenvalue weighted by atomic mass is 10.2. The smallest absolute Gasteiger partial charge is 0.254 e. The summed E-state index contributed by atoms with van der Waals surface area (Å²) in [5.74, 6) is 0. The van der Waals surface area contributed by atoms with E-state index < -0.39 is 10.0 Å². The van der Waals surface area contributed by atoms with Crippen LogP contribution in [0.3, 0.4) is 0 Å². The molecule has 0 aliphatic heterocycles. The first-order valence-corrected chi connectivity index (χ1v) is 5.40. The van der Waals surface area contributed by atoms with Crippen LogP contribution in [0.1, 0.15) is 0 Å². The highest BCUT2D eigenvalue weighted by Crippen LogP contribution is 2.20. The summed E-state index contributed by atoms with van der Waals surface area (Å²) in [5.41, 5.74) is 0. The lowest BCUT2D eigenvalue weighted by molar-refractivity contribution is 0.597. The topological polar surface area (TPSA) is 70.8 Å². The number of hydrogen-bond acceptors (Lipinski definition) is 3. The zero-order chi connectivity index (χ0) is 10.2. The molecule has 1 N–H and O–H groups in total. The van der Waals surface area contributed by atoms with Gasteiger partial charge in [-0.2, -0.15) is 0 Å². The molecule has 4 nitrogen and oxygen atoms in total. The van der Waals surface area contributed by atoms with Crippen molar-refractivity contribution in [2.45, 2.75) is 4.90 Å². The highest BCUT2D eigenvalue weighted by molar-refractivity contribution is 7.89. The number of sulfonamides is 1. The molecule has 0 saturated heterocycles. The van der Waals surface area contributed by atoms with Gasteiger partial charge in [-0.3, -0.25) is 4.98 Å². The molecular weight excluding hydrogens is 200 g/mol. The Morgan fingerprint density at radius 3 is 2.71 bits per heavy atom. The molecule has 2 aromatic rings. The molecule has 71 valence electrons. The average molecular weight is 207 g/mol. The van der Waals surface area contributed by atoms with Gasteiger partial charge in [0.25, 0.3) is 10.0 Å². The standard InChI is InChI=1S/C9H7N2O2S/c10-14(12,13)9-3-1-2-7-6-11-5-4-8(7)9/h1-6,10H. The summed E-state index contributed by atoms with van der Waals surface area (Å²) in [5, 5.41) is 8.27. The maximum atomic E-state index is 11.1. The van der Waals surface area contributed by atoms with Gasteiger partial charge < -0.3 is 0 Å². The van der Waals surface area contributed by atoms with Crippen LogP contribution < -0.4 is 5.14 Å². The van der Waals surface area contributed by atoms with Crippen molar-refractivity contribution in [3.05, 3.63) is 36.7 Å². The van der Waals surface area contributed by atoms with Crippen molar-refractivity contribution in [2.75, 3.05) is 0 Å². The van der Waals surface area contributed by atoms with Crippen molar-refractivity contribution in [1.82, 2.24) is 10.1 Å². The molecule has 0 fully saturated rings. The minimum absolute atomic E-state index is 0.0254. The Bertz CT molecular complexity index is 573. The monoisotopic (exact) mass is 207 g/mol. The highest BCUT2D eigenvalue weighted by Gasteiger charge is 2.11. The second-order valence-electron chi connectivity index (χ2n) is 2.86. The van der Waals surface area contributed by atoms with Crippen molar-refractivity contribution in [2.24, 2.45) is 0 Å². The van der Waals surface area contributed by atoms with Crippen LogP contribution in [-0.4, -0.2) is 13.4 Å². The van der Waals surface area contributed by atoms with E-state index in [0.29, 0.717) is 5.39 Å². The fourth-order valence-corrected chi connectivity index (χ4v) is 2.06. The van der Waals surface area contributed by atoms with Crippen LogP contribution in [-0.2, 0) is 10.0 Å². The van der Waals surface area contributed by atoms with E-state index in [1.165, 1.54) is 12.3 Å². The third kappa shape index (κ3) is 1.47. The summed E-state index contributed by atoms with van der Waals surface area (Å²) in [4.78, 5) is 3.91. The van der Waals surface area contributed by atoms with Crippen LogP contribution >= 0.6 is 0 Å². The Balaban J connectivity index is 2.92. The van der Waals surface area contributed by atoms with Gasteiger partial charge in [-0.1, -0.05) is 12.1 Å². The fourth-order valence-electron chi connectivity index (χ4n) is 1.33. The van der Waals surface area contributed by atoms with Gasteiger partial charge in [0.15, 0.2) is 0 Å². The van der Waals surface area contributed by atoms with Gasteiger partial charge in [0.05, 0.1) is 4.90 Å². The number of hydrogen-bond donors (Lipinski definition) is 0. The van der Waals surface area contributed by atoms with Gasteiger partial charge >= 0.3 is 0 Å². The average Bonchev–Trinajstić information content (AvgIpc) is 2.15. The quantitative estimate of drug-likeness (QED) is 0.705. The molecule has 2 rings (SSSR count). The van der Waals surface area contributed by atoms with Crippen molar-refractivity contribution >= 4 is 20.8 Å². The van der Waals surface area contributed by atoms with E-state index in [0.717, 1.165) is 5.39 Å². The number of benzene rings is 1. The largest absolute Gasteiger partial charge is 0.264 e. The van der Waals surface area contributed by atoms with Crippen molar-refractivity contribution in [3.8, 4) is 0 Å². The first-order valence-electron chi connectivity index (χ1n) is 3.91. The summed E-state index contributed by atoms with van der Waals surface area (Å²) in [7, 11) is -3.91. The molecule has 0 atom stereocenters. The fraction of sp³-hybridized carbons (Fsp3) is 0. The first kappa shape index (κ1) is 9.11. The van der Waals surface area contributed by atoms with Gasteiger partial charge in [-0.05, 0) is 12.1 Å². The Kier molecular flexibility index (Phi) is 1.98. The molecule has 1 radical (unpaired) electrons.